The van der Waals surface area contributed by atoms with Crippen molar-refractivity contribution in [3.63, 3.8) is 0 Å². The normalized spacial score (nSPS) is 10.4. The first-order valence-corrected chi connectivity index (χ1v) is 10.2. The third kappa shape index (κ3) is 7.84. The van der Waals surface area contributed by atoms with Gasteiger partial charge in [-0.2, -0.15) is 10.2 Å². The maximum absolute atomic E-state index is 5.26. The van der Waals surface area contributed by atoms with E-state index in [0.717, 1.165) is 32.9 Å². The number of fused-ring (bicyclic) bond motifs is 2. The smallest absolute Gasteiger partial charge is 0.184 e. The molecule has 11 heteroatoms. The molecule has 169 valence electrons. The Balaban J connectivity index is 0.000000227. The van der Waals surface area contributed by atoms with Crippen molar-refractivity contribution in [2.24, 2.45) is 21.7 Å². The molecule has 0 bridgehead atoms. The first-order valence-electron chi connectivity index (χ1n) is 9.39. The number of pyridine rings is 2. The van der Waals surface area contributed by atoms with Crippen LogP contribution in [0.25, 0.3) is 21.5 Å². The van der Waals surface area contributed by atoms with Gasteiger partial charge in [0.1, 0.15) is 0 Å². The van der Waals surface area contributed by atoms with Crippen molar-refractivity contribution in [1.29, 1.82) is 0 Å². The van der Waals surface area contributed by atoms with Crippen molar-refractivity contribution in [3.05, 3.63) is 84.4 Å². The minimum atomic E-state index is 0. The molecule has 0 aliphatic carbocycles. The summed E-state index contributed by atoms with van der Waals surface area (Å²) in [6.45, 7) is 0. The van der Waals surface area contributed by atoms with Crippen molar-refractivity contribution < 1.29 is 16.8 Å². The number of nitrogens with one attached hydrogen (secondary N) is 2. The molecule has 33 heavy (non-hydrogen) atoms. The molecular formula is C22H20CoN8S2. The van der Waals surface area contributed by atoms with Gasteiger partial charge in [-0.3, -0.25) is 20.8 Å². The van der Waals surface area contributed by atoms with Gasteiger partial charge in [0.25, 0.3) is 0 Å². The number of hydrogen-bond donors (Lipinski definition) is 4. The van der Waals surface area contributed by atoms with E-state index >= 15 is 0 Å². The fourth-order valence-corrected chi connectivity index (χ4v) is 2.91. The molecule has 0 spiro atoms. The summed E-state index contributed by atoms with van der Waals surface area (Å²) >= 11 is 9.28. The largest absolute Gasteiger partial charge is 0.375 e. The molecule has 2 heterocycles. The van der Waals surface area contributed by atoms with E-state index in [0.29, 0.717) is 0 Å². The van der Waals surface area contributed by atoms with Gasteiger partial charge in [0, 0.05) is 39.9 Å². The van der Waals surface area contributed by atoms with E-state index in [4.69, 9.17) is 11.5 Å². The molecule has 0 aliphatic rings. The van der Waals surface area contributed by atoms with Gasteiger partial charge in [-0.25, -0.2) is 0 Å². The Bertz CT molecular complexity index is 1200. The van der Waals surface area contributed by atoms with Crippen LogP contribution in [0, 0.1) is 0 Å². The monoisotopic (exact) mass is 519 g/mol. The van der Waals surface area contributed by atoms with Crippen LogP contribution in [0.4, 0.5) is 0 Å². The van der Waals surface area contributed by atoms with Crippen LogP contribution in [0.15, 0.2) is 83.3 Å². The average molecular weight is 520 g/mol. The van der Waals surface area contributed by atoms with Gasteiger partial charge in [0.05, 0.1) is 23.8 Å². The van der Waals surface area contributed by atoms with Crippen LogP contribution in [-0.4, -0.2) is 32.6 Å². The zero-order chi connectivity index (χ0) is 22.8. The van der Waals surface area contributed by atoms with Crippen molar-refractivity contribution in [2.75, 3.05) is 0 Å². The number of hydrogen-bond acceptors (Lipinski definition) is 6. The van der Waals surface area contributed by atoms with Gasteiger partial charge in [0.2, 0.25) is 0 Å². The fourth-order valence-electron chi connectivity index (χ4n) is 2.81. The standard InChI is InChI=1S/2C11H10N4S.Co/c2*12-11(16)15-14-7-10-9-4-2-1-3-8(9)5-6-13-10;/h2*1-7H,(H3,12,15,16);. The van der Waals surface area contributed by atoms with E-state index in [2.05, 4.69) is 55.5 Å². The number of rotatable bonds is 4. The summed E-state index contributed by atoms with van der Waals surface area (Å²) in [5.74, 6) is 0. The predicted molar refractivity (Wildman–Crippen MR) is 139 cm³/mol. The number of nitrogens with two attached hydrogens (primary N) is 2. The van der Waals surface area contributed by atoms with Crippen LogP contribution in [0.1, 0.15) is 11.4 Å². The Morgan fingerprint density at radius 2 is 1.09 bits per heavy atom. The van der Waals surface area contributed by atoms with E-state index < -0.39 is 0 Å². The summed E-state index contributed by atoms with van der Waals surface area (Å²) in [4.78, 5) is 8.46. The van der Waals surface area contributed by atoms with Crippen molar-refractivity contribution in [2.45, 2.75) is 0 Å². The van der Waals surface area contributed by atoms with Crippen LogP contribution in [0.2, 0.25) is 0 Å². The number of aromatic nitrogens is 2. The molecule has 0 saturated heterocycles. The maximum atomic E-state index is 5.26. The molecule has 6 N–H and O–H groups in total. The minimum Gasteiger partial charge on any atom is -0.375 e. The quantitative estimate of drug-likeness (QED) is 0.184. The van der Waals surface area contributed by atoms with Crippen molar-refractivity contribution in [3.8, 4) is 0 Å². The maximum Gasteiger partial charge on any atom is 0.184 e. The van der Waals surface area contributed by atoms with Crippen LogP contribution in [-0.2, 0) is 16.8 Å². The van der Waals surface area contributed by atoms with Crippen LogP contribution in [0.3, 0.4) is 0 Å². The molecule has 2 aromatic heterocycles. The summed E-state index contributed by atoms with van der Waals surface area (Å²) in [5.41, 5.74) is 17.1. The van der Waals surface area contributed by atoms with E-state index in [1.165, 1.54) is 0 Å². The molecule has 1 radical (unpaired) electrons. The van der Waals surface area contributed by atoms with Crippen LogP contribution in [0.5, 0.6) is 0 Å². The molecule has 4 aromatic rings. The average Bonchev–Trinajstić information content (AvgIpc) is 2.79. The van der Waals surface area contributed by atoms with Gasteiger partial charge >= 0.3 is 0 Å². The third-order valence-corrected chi connectivity index (χ3v) is 4.31. The van der Waals surface area contributed by atoms with Gasteiger partial charge in [-0.15, -0.1) is 0 Å². The molecule has 0 fully saturated rings. The van der Waals surface area contributed by atoms with Crippen LogP contribution < -0.4 is 22.3 Å². The van der Waals surface area contributed by atoms with E-state index in [9.17, 15) is 0 Å². The predicted octanol–water partition coefficient (Wildman–Crippen LogP) is 2.80. The second-order valence-corrected chi connectivity index (χ2v) is 7.18. The van der Waals surface area contributed by atoms with Crippen molar-refractivity contribution in [1.82, 2.24) is 20.8 Å². The van der Waals surface area contributed by atoms with Crippen molar-refractivity contribution >= 4 is 68.6 Å². The summed E-state index contributed by atoms with van der Waals surface area (Å²) in [6.07, 6.45) is 6.68. The van der Waals surface area contributed by atoms with E-state index in [1.54, 1.807) is 24.8 Å². The SMILES string of the molecule is NC(=S)NN=Cc1nccc2ccccc12.NC(=S)NN=Cc1nccc2ccccc12.[Co]. The number of hydrazone groups is 2. The zero-order valence-electron chi connectivity index (χ0n) is 17.2. The Hall–Kier alpha value is -3.51. The molecule has 0 aliphatic heterocycles. The summed E-state index contributed by atoms with van der Waals surface area (Å²) in [5, 5.41) is 12.4. The first-order chi connectivity index (χ1) is 15.5. The molecule has 0 amide bonds. The number of thiocarbonyl (C=S) groups is 2. The van der Waals surface area contributed by atoms with Gasteiger partial charge in [-0.05, 0) is 47.3 Å². The second-order valence-electron chi connectivity index (χ2n) is 6.30. The first kappa shape index (κ1) is 25.7. The summed E-state index contributed by atoms with van der Waals surface area (Å²) < 4.78 is 0. The van der Waals surface area contributed by atoms with Gasteiger partial charge < -0.3 is 11.5 Å². The molecule has 0 unspecified atom stereocenters. The van der Waals surface area contributed by atoms with E-state index in [-0.39, 0.29) is 27.0 Å². The zero-order valence-corrected chi connectivity index (χ0v) is 19.9. The van der Waals surface area contributed by atoms with E-state index in [1.807, 2.05) is 60.7 Å². The summed E-state index contributed by atoms with van der Waals surface area (Å²) in [6, 6.07) is 19.8. The minimum absolute atomic E-state index is 0. The Morgan fingerprint density at radius 1 is 0.697 bits per heavy atom. The Labute approximate surface area is 211 Å². The molecule has 0 saturated carbocycles. The molecular weight excluding hydrogens is 499 g/mol. The molecule has 4 rings (SSSR count). The number of benzene rings is 2. The Kier molecular flexibility index (Phi) is 10.2. The third-order valence-electron chi connectivity index (χ3n) is 4.13. The molecule has 0 atom stereocenters. The molecule has 8 nitrogen and oxygen atoms in total. The van der Waals surface area contributed by atoms with Gasteiger partial charge in [0.15, 0.2) is 10.2 Å². The second kappa shape index (κ2) is 13.1. The Morgan fingerprint density at radius 3 is 1.48 bits per heavy atom. The van der Waals surface area contributed by atoms with Gasteiger partial charge in [-0.1, -0.05) is 48.5 Å². The van der Waals surface area contributed by atoms with Crippen LogP contribution >= 0.6 is 24.4 Å². The number of nitrogens with zero attached hydrogens (tertiary/aromatic N) is 4. The topological polar surface area (TPSA) is 127 Å². The fraction of sp³-hybridized carbons (Fsp3) is 0. The molecule has 2 aromatic carbocycles. The summed E-state index contributed by atoms with van der Waals surface area (Å²) in [7, 11) is 0.